The number of carboxylic acids is 2. The molecule has 0 unspecified atom stereocenters. The highest BCUT2D eigenvalue weighted by atomic mass is 16.4. The zero-order valence-corrected chi connectivity index (χ0v) is 7.65. The third-order valence-corrected chi connectivity index (χ3v) is 1.83. The number of hydrogen-bond acceptors (Lipinski definition) is 2. The van der Waals surface area contributed by atoms with Crippen LogP contribution in [0.1, 0.15) is 21.5 Å². The Morgan fingerprint density at radius 2 is 1.93 bits per heavy atom. The maximum absolute atomic E-state index is 10.7. The molecule has 0 fully saturated rings. The van der Waals surface area contributed by atoms with Crippen molar-refractivity contribution < 1.29 is 19.8 Å². The first-order chi connectivity index (χ1) is 6.50. The first-order valence-corrected chi connectivity index (χ1v) is 4.05. The van der Waals surface area contributed by atoms with E-state index in [0.29, 0.717) is 5.56 Å². The standard InChI is InChI=1S/C10H10O4/c1-6-2-3-8(10(13)14)7(4-6)5-9(11)12/h2-4H,5H2,1H3,(H,11,12)(H,13,14). The van der Waals surface area contributed by atoms with E-state index in [1.807, 2.05) is 0 Å². The Morgan fingerprint density at radius 3 is 2.43 bits per heavy atom. The molecule has 4 nitrogen and oxygen atoms in total. The van der Waals surface area contributed by atoms with Gasteiger partial charge in [-0.25, -0.2) is 4.79 Å². The van der Waals surface area contributed by atoms with Crippen LogP contribution in [0.25, 0.3) is 0 Å². The number of carbonyl (C=O) groups is 2. The van der Waals surface area contributed by atoms with Crippen LogP contribution in [0.2, 0.25) is 0 Å². The summed E-state index contributed by atoms with van der Waals surface area (Å²) in [4.78, 5) is 21.2. The fourth-order valence-corrected chi connectivity index (χ4v) is 1.24. The summed E-state index contributed by atoms with van der Waals surface area (Å²) < 4.78 is 0. The summed E-state index contributed by atoms with van der Waals surface area (Å²) in [7, 11) is 0. The SMILES string of the molecule is Cc1ccc(C(=O)O)c(CC(=O)O)c1. The molecule has 0 saturated heterocycles. The molecule has 1 aromatic carbocycles. The Balaban J connectivity index is 3.15. The number of rotatable bonds is 3. The molecule has 0 aliphatic carbocycles. The Morgan fingerprint density at radius 1 is 1.29 bits per heavy atom. The van der Waals surface area contributed by atoms with Gasteiger partial charge in [0.15, 0.2) is 0 Å². The van der Waals surface area contributed by atoms with Crippen LogP contribution < -0.4 is 0 Å². The van der Waals surface area contributed by atoms with Gasteiger partial charge < -0.3 is 10.2 Å². The fourth-order valence-electron chi connectivity index (χ4n) is 1.24. The lowest BCUT2D eigenvalue weighted by Crippen LogP contribution is -2.08. The lowest BCUT2D eigenvalue weighted by atomic mass is 10.0. The minimum Gasteiger partial charge on any atom is -0.481 e. The lowest BCUT2D eigenvalue weighted by molar-refractivity contribution is -0.136. The topological polar surface area (TPSA) is 74.6 Å². The molecule has 0 aliphatic rings. The molecule has 1 aromatic rings. The molecule has 0 radical (unpaired) electrons. The maximum Gasteiger partial charge on any atom is 0.335 e. The molecule has 1 rings (SSSR count). The molecular formula is C10H10O4. The number of carboxylic acid groups (broad SMARTS) is 2. The number of aryl methyl sites for hydroxylation is 1. The fraction of sp³-hybridized carbons (Fsp3) is 0.200. The zero-order valence-electron chi connectivity index (χ0n) is 7.65. The summed E-state index contributed by atoms with van der Waals surface area (Å²) in [5.74, 6) is -2.13. The van der Waals surface area contributed by atoms with Crippen LogP contribution in [-0.2, 0) is 11.2 Å². The minimum absolute atomic E-state index is 0.0537. The minimum atomic E-state index is -1.10. The largest absolute Gasteiger partial charge is 0.481 e. The van der Waals surface area contributed by atoms with Crippen molar-refractivity contribution in [3.63, 3.8) is 0 Å². The second-order valence-electron chi connectivity index (χ2n) is 3.04. The van der Waals surface area contributed by atoms with Crippen LogP contribution in [0.15, 0.2) is 18.2 Å². The third kappa shape index (κ3) is 2.32. The molecular weight excluding hydrogens is 184 g/mol. The average Bonchev–Trinajstić information content (AvgIpc) is 2.01. The van der Waals surface area contributed by atoms with Gasteiger partial charge >= 0.3 is 11.9 Å². The summed E-state index contributed by atoms with van der Waals surface area (Å²) in [6.45, 7) is 1.79. The van der Waals surface area contributed by atoms with Crippen LogP contribution in [-0.4, -0.2) is 22.2 Å². The first kappa shape index (κ1) is 10.2. The van der Waals surface area contributed by atoms with E-state index in [1.165, 1.54) is 6.07 Å². The molecule has 2 N–H and O–H groups in total. The van der Waals surface area contributed by atoms with Gasteiger partial charge in [0.1, 0.15) is 0 Å². The second kappa shape index (κ2) is 3.91. The van der Waals surface area contributed by atoms with E-state index in [0.717, 1.165) is 5.56 Å². The Hall–Kier alpha value is -1.84. The molecule has 0 saturated carbocycles. The molecule has 0 bridgehead atoms. The zero-order chi connectivity index (χ0) is 10.7. The summed E-state index contributed by atoms with van der Waals surface area (Å²) in [5.41, 5.74) is 1.24. The van der Waals surface area contributed by atoms with Crippen molar-refractivity contribution in [1.29, 1.82) is 0 Å². The summed E-state index contributed by atoms with van der Waals surface area (Å²) >= 11 is 0. The van der Waals surface area contributed by atoms with Crippen molar-refractivity contribution in [2.75, 3.05) is 0 Å². The highest BCUT2D eigenvalue weighted by Crippen LogP contribution is 2.12. The maximum atomic E-state index is 10.7. The van der Waals surface area contributed by atoms with Gasteiger partial charge in [-0.1, -0.05) is 17.7 Å². The molecule has 0 atom stereocenters. The van der Waals surface area contributed by atoms with Gasteiger partial charge in [0.2, 0.25) is 0 Å². The molecule has 4 heteroatoms. The van der Waals surface area contributed by atoms with E-state index < -0.39 is 11.9 Å². The molecule has 0 amide bonds. The predicted octanol–water partition coefficient (Wildman–Crippen LogP) is 1.32. The van der Waals surface area contributed by atoms with Crippen molar-refractivity contribution in [2.45, 2.75) is 13.3 Å². The van der Waals surface area contributed by atoms with E-state index in [4.69, 9.17) is 10.2 Å². The Kier molecular flexibility index (Phi) is 2.86. The van der Waals surface area contributed by atoms with Crippen LogP contribution in [0.4, 0.5) is 0 Å². The monoisotopic (exact) mass is 194 g/mol. The van der Waals surface area contributed by atoms with E-state index in [9.17, 15) is 9.59 Å². The van der Waals surface area contributed by atoms with E-state index >= 15 is 0 Å². The highest BCUT2D eigenvalue weighted by molar-refractivity contribution is 5.91. The summed E-state index contributed by atoms with van der Waals surface area (Å²) in [6.07, 6.45) is -0.261. The first-order valence-electron chi connectivity index (χ1n) is 4.05. The van der Waals surface area contributed by atoms with Crippen molar-refractivity contribution in [1.82, 2.24) is 0 Å². The number of aromatic carboxylic acids is 1. The van der Waals surface area contributed by atoms with Gasteiger partial charge in [0.05, 0.1) is 12.0 Å². The molecule has 0 spiro atoms. The van der Waals surface area contributed by atoms with Gasteiger partial charge in [0.25, 0.3) is 0 Å². The Labute approximate surface area is 80.8 Å². The molecule has 0 heterocycles. The van der Waals surface area contributed by atoms with Crippen LogP contribution >= 0.6 is 0 Å². The van der Waals surface area contributed by atoms with E-state index in [1.54, 1.807) is 19.1 Å². The summed E-state index contributed by atoms with van der Waals surface area (Å²) in [5, 5.41) is 17.3. The van der Waals surface area contributed by atoms with Crippen LogP contribution in [0, 0.1) is 6.92 Å². The lowest BCUT2D eigenvalue weighted by Gasteiger charge is -2.04. The second-order valence-corrected chi connectivity index (χ2v) is 3.04. The van der Waals surface area contributed by atoms with Gasteiger partial charge in [-0.2, -0.15) is 0 Å². The normalized spacial score (nSPS) is 9.79. The third-order valence-electron chi connectivity index (χ3n) is 1.83. The molecule has 0 aliphatic heterocycles. The van der Waals surface area contributed by atoms with Gasteiger partial charge in [0, 0.05) is 0 Å². The van der Waals surface area contributed by atoms with E-state index in [2.05, 4.69) is 0 Å². The smallest absolute Gasteiger partial charge is 0.335 e. The van der Waals surface area contributed by atoms with Crippen LogP contribution in [0.5, 0.6) is 0 Å². The molecule has 0 aromatic heterocycles. The average molecular weight is 194 g/mol. The number of benzene rings is 1. The van der Waals surface area contributed by atoms with Crippen molar-refractivity contribution >= 4 is 11.9 Å². The van der Waals surface area contributed by atoms with Crippen molar-refractivity contribution in [2.24, 2.45) is 0 Å². The Bertz CT molecular complexity index is 382. The molecule has 14 heavy (non-hydrogen) atoms. The predicted molar refractivity (Wildman–Crippen MR) is 49.5 cm³/mol. The van der Waals surface area contributed by atoms with Gasteiger partial charge in [-0.05, 0) is 18.6 Å². The highest BCUT2D eigenvalue weighted by Gasteiger charge is 2.12. The summed E-state index contributed by atoms with van der Waals surface area (Å²) in [6, 6.07) is 4.66. The quantitative estimate of drug-likeness (QED) is 0.760. The van der Waals surface area contributed by atoms with Crippen molar-refractivity contribution in [3.8, 4) is 0 Å². The van der Waals surface area contributed by atoms with Gasteiger partial charge in [-0.15, -0.1) is 0 Å². The number of hydrogen-bond donors (Lipinski definition) is 2. The molecule has 74 valence electrons. The van der Waals surface area contributed by atoms with Crippen molar-refractivity contribution in [3.05, 3.63) is 34.9 Å². The van der Waals surface area contributed by atoms with Crippen LogP contribution in [0.3, 0.4) is 0 Å². The van der Waals surface area contributed by atoms with E-state index in [-0.39, 0.29) is 12.0 Å². The number of aliphatic carboxylic acids is 1. The van der Waals surface area contributed by atoms with Gasteiger partial charge in [-0.3, -0.25) is 4.79 Å².